The molecule has 0 spiro atoms. The van der Waals surface area contributed by atoms with Gasteiger partial charge in [-0.3, -0.25) is 14.9 Å². The van der Waals surface area contributed by atoms with Crippen LogP contribution in [-0.2, 0) is 11.2 Å². The molecule has 0 radical (unpaired) electrons. The van der Waals surface area contributed by atoms with Crippen LogP contribution in [0.3, 0.4) is 0 Å². The van der Waals surface area contributed by atoms with Crippen LogP contribution in [0.5, 0.6) is 5.75 Å². The molecule has 0 aliphatic heterocycles. The van der Waals surface area contributed by atoms with E-state index in [1.165, 1.54) is 30.9 Å². The maximum atomic E-state index is 12.5. The summed E-state index contributed by atoms with van der Waals surface area (Å²) in [6.45, 7) is 3.81. The topological polar surface area (TPSA) is 85.3 Å². The lowest BCUT2D eigenvalue weighted by Gasteiger charge is -2.12. The molecule has 0 aliphatic rings. The first-order chi connectivity index (χ1) is 11.5. The predicted molar refractivity (Wildman–Crippen MR) is 89.0 cm³/mol. The van der Waals surface area contributed by atoms with Crippen LogP contribution in [-0.4, -0.2) is 17.9 Å². The Bertz CT molecular complexity index is 744. The molecule has 0 aliphatic carbocycles. The van der Waals surface area contributed by atoms with Gasteiger partial charge in [0.15, 0.2) is 12.4 Å². The monoisotopic (exact) mass is 330 g/mol. The van der Waals surface area contributed by atoms with Gasteiger partial charge in [0.25, 0.3) is 11.6 Å². The van der Waals surface area contributed by atoms with Gasteiger partial charge in [-0.05, 0) is 18.1 Å². The molecule has 1 aromatic heterocycles. The third-order valence-corrected chi connectivity index (χ3v) is 3.81. The minimum absolute atomic E-state index is 0.112. The average molecular weight is 330 g/mol. The number of non-ortho nitro benzene ring substituents is 1. The van der Waals surface area contributed by atoms with Crippen molar-refractivity contribution >= 4 is 17.3 Å². The average Bonchev–Trinajstić information content (AvgIpc) is 2.60. The van der Waals surface area contributed by atoms with E-state index in [0.29, 0.717) is 5.75 Å². The van der Waals surface area contributed by atoms with Crippen molar-refractivity contribution in [1.29, 1.82) is 0 Å². The van der Waals surface area contributed by atoms with E-state index < -0.39 is 11.0 Å². The third-order valence-electron chi connectivity index (χ3n) is 3.81. The highest BCUT2D eigenvalue weighted by Gasteiger charge is 2.23. The number of rotatable bonds is 6. The molecule has 2 aromatic rings. The number of nitro benzene ring substituents is 1. The Kier molecular flexibility index (Phi) is 5.47. The van der Waals surface area contributed by atoms with Crippen molar-refractivity contribution in [1.82, 2.24) is 0 Å². The fourth-order valence-corrected chi connectivity index (χ4v) is 2.24. The van der Waals surface area contributed by atoms with Crippen molar-refractivity contribution in [2.75, 3.05) is 12.4 Å². The molecule has 126 valence electrons. The lowest BCUT2D eigenvalue weighted by Crippen LogP contribution is -2.44. The summed E-state index contributed by atoms with van der Waals surface area (Å²) in [5, 5.41) is 13.6. The Labute approximate surface area is 140 Å². The van der Waals surface area contributed by atoms with Gasteiger partial charge in [-0.2, -0.15) is 4.57 Å². The van der Waals surface area contributed by atoms with Crippen LogP contribution in [0.15, 0.2) is 42.7 Å². The lowest BCUT2D eigenvalue weighted by atomic mass is 10.2. The van der Waals surface area contributed by atoms with E-state index in [4.69, 9.17) is 4.74 Å². The number of nitro groups is 1. The first kappa shape index (κ1) is 17.4. The van der Waals surface area contributed by atoms with E-state index in [-0.39, 0.29) is 17.3 Å². The number of methoxy groups -OCH3 is 1. The highest BCUT2D eigenvalue weighted by atomic mass is 16.6. The van der Waals surface area contributed by atoms with Gasteiger partial charge in [0, 0.05) is 31.2 Å². The summed E-state index contributed by atoms with van der Waals surface area (Å²) in [5.74, 6) is 0.0792. The SMILES string of the molecule is CCc1cc[n+]([C@H](C)C(=O)Nc2cc([N+](=O)[O-])ccc2OC)cc1. The summed E-state index contributed by atoms with van der Waals surface area (Å²) in [4.78, 5) is 22.8. The number of amides is 1. The van der Waals surface area contributed by atoms with Gasteiger partial charge in [-0.1, -0.05) is 6.92 Å². The third kappa shape index (κ3) is 3.87. The number of aryl methyl sites for hydroxylation is 1. The number of aromatic nitrogens is 1. The molecule has 1 heterocycles. The largest absolute Gasteiger partial charge is 0.495 e. The number of pyridine rings is 1. The summed E-state index contributed by atoms with van der Waals surface area (Å²) < 4.78 is 6.93. The molecule has 7 heteroatoms. The molecule has 0 fully saturated rings. The lowest BCUT2D eigenvalue weighted by molar-refractivity contribution is -0.705. The van der Waals surface area contributed by atoms with Crippen molar-refractivity contribution in [2.24, 2.45) is 0 Å². The van der Waals surface area contributed by atoms with Crippen LogP contribution in [0.4, 0.5) is 11.4 Å². The number of nitrogens with zero attached hydrogens (tertiary/aromatic N) is 2. The van der Waals surface area contributed by atoms with Crippen molar-refractivity contribution in [3.63, 3.8) is 0 Å². The standard InChI is InChI=1S/C17H19N3O4/c1-4-13-7-9-19(10-8-13)12(2)17(21)18-15-11-14(20(22)23)5-6-16(15)24-3/h5-12H,4H2,1-3H3/p+1/t12-/m1/s1. The highest BCUT2D eigenvalue weighted by molar-refractivity contribution is 5.94. The van der Waals surface area contributed by atoms with Crippen molar-refractivity contribution < 1.29 is 19.0 Å². The Hall–Kier alpha value is -2.96. The second kappa shape index (κ2) is 7.54. The Balaban J connectivity index is 2.21. The second-order valence-corrected chi connectivity index (χ2v) is 5.31. The van der Waals surface area contributed by atoms with E-state index in [1.54, 1.807) is 11.5 Å². The van der Waals surface area contributed by atoms with E-state index in [1.807, 2.05) is 24.5 Å². The molecule has 0 saturated heterocycles. The van der Waals surface area contributed by atoms with Gasteiger partial charge in [0.2, 0.25) is 6.04 Å². The minimum atomic E-state index is -0.517. The van der Waals surface area contributed by atoms with Crippen LogP contribution < -0.4 is 14.6 Å². The van der Waals surface area contributed by atoms with E-state index in [9.17, 15) is 14.9 Å². The van der Waals surface area contributed by atoms with E-state index in [2.05, 4.69) is 12.2 Å². The molecule has 1 atom stereocenters. The number of hydrogen-bond acceptors (Lipinski definition) is 4. The molecule has 0 bridgehead atoms. The molecule has 24 heavy (non-hydrogen) atoms. The van der Waals surface area contributed by atoms with Crippen LogP contribution in [0.2, 0.25) is 0 Å². The molecular weight excluding hydrogens is 310 g/mol. The van der Waals surface area contributed by atoms with Gasteiger partial charge in [0.05, 0.1) is 17.7 Å². The zero-order chi connectivity index (χ0) is 17.7. The molecular formula is C17H20N3O4+. The Morgan fingerprint density at radius 2 is 2.00 bits per heavy atom. The Morgan fingerprint density at radius 3 is 2.54 bits per heavy atom. The Morgan fingerprint density at radius 1 is 1.33 bits per heavy atom. The van der Waals surface area contributed by atoms with Gasteiger partial charge < -0.3 is 10.1 Å². The van der Waals surface area contributed by atoms with Crippen LogP contribution in [0.25, 0.3) is 0 Å². The van der Waals surface area contributed by atoms with Gasteiger partial charge in [0.1, 0.15) is 5.75 Å². The number of nitrogens with one attached hydrogen (secondary N) is 1. The maximum Gasteiger partial charge on any atom is 0.293 e. The first-order valence-corrected chi connectivity index (χ1v) is 7.59. The number of benzene rings is 1. The zero-order valence-corrected chi connectivity index (χ0v) is 13.9. The molecule has 2 rings (SSSR count). The normalized spacial score (nSPS) is 11.6. The van der Waals surface area contributed by atoms with Crippen LogP contribution in [0.1, 0.15) is 25.5 Å². The first-order valence-electron chi connectivity index (χ1n) is 7.59. The van der Waals surface area contributed by atoms with Crippen molar-refractivity contribution in [3.05, 3.63) is 58.4 Å². The number of carbonyl (C=O) groups excluding carboxylic acids is 1. The van der Waals surface area contributed by atoms with Gasteiger partial charge >= 0.3 is 0 Å². The number of ether oxygens (including phenoxy) is 1. The summed E-state index contributed by atoms with van der Waals surface area (Å²) in [7, 11) is 1.44. The fraction of sp³-hybridized carbons (Fsp3) is 0.294. The van der Waals surface area contributed by atoms with Crippen molar-refractivity contribution in [3.8, 4) is 5.75 Å². The van der Waals surface area contributed by atoms with Crippen LogP contribution >= 0.6 is 0 Å². The molecule has 1 amide bonds. The quantitative estimate of drug-likeness (QED) is 0.501. The predicted octanol–water partition coefficient (Wildman–Crippen LogP) is 2.65. The summed E-state index contributed by atoms with van der Waals surface area (Å²) in [6.07, 6.45) is 4.60. The zero-order valence-electron chi connectivity index (χ0n) is 13.9. The number of anilines is 1. The van der Waals surface area contributed by atoms with Crippen LogP contribution in [0, 0.1) is 10.1 Å². The fourth-order valence-electron chi connectivity index (χ4n) is 2.24. The molecule has 0 saturated carbocycles. The van der Waals surface area contributed by atoms with E-state index >= 15 is 0 Å². The number of hydrogen-bond donors (Lipinski definition) is 1. The van der Waals surface area contributed by atoms with Crippen molar-refractivity contribution in [2.45, 2.75) is 26.3 Å². The molecule has 0 unspecified atom stereocenters. The summed E-state index contributed by atoms with van der Waals surface area (Å²) in [6, 6.07) is 7.52. The second-order valence-electron chi connectivity index (χ2n) is 5.31. The van der Waals surface area contributed by atoms with E-state index in [0.717, 1.165) is 6.42 Å². The van der Waals surface area contributed by atoms with Gasteiger partial charge in [-0.15, -0.1) is 0 Å². The molecule has 1 N–H and O–H groups in total. The molecule has 1 aromatic carbocycles. The highest BCUT2D eigenvalue weighted by Crippen LogP contribution is 2.29. The van der Waals surface area contributed by atoms with Gasteiger partial charge in [-0.25, -0.2) is 0 Å². The maximum absolute atomic E-state index is 12.5. The summed E-state index contributed by atoms with van der Waals surface area (Å²) in [5.41, 5.74) is 1.34. The number of carbonyl (C=O) groups is 1. The summed E-state index contributed by atoms with van der Waals surface area (Å²) >= 11 is 0. The minimum Gasteiger partial charge on any atom is -0.495 e. The smallest absolute Gasteiger partial charge is 0.293 e. The molecule has 7 nitrogen and oxygen atoms in total.